The maximum Gasteiger partial charge on any atom is 0.276 e. The van der Waals surface area contributed by atoms with Crippen LogP contribution in [0.4, 0.5) is 5.69 Å². The number of aromatic amines is 1. The van der Waals surface area contributed by atoms with E-state index in [2.05, 4.69) is 15.5 Å². The maximum absolute atomic E-state index is 11.9. The Hall–Kier alpha value is -2.43. The Morgan fingerprint density at radius 3 is 2.39 bits per heavy atom. The number of hydrogen-bond acceptors (Lipinski definition) is 3. The van der Waals surface area contributed by atoms with Crippen molar-refractivity contribution in [3.05, 3.63) is 57.5 Å². The second-order valence-electron chi connectivity index (χ2n) is 4.03. The lowest BCUT2D eigenvalue weighted by Gasteiger charge is -2.10. The van der Waals surface area contributed by atoms with Crippen LogP contribution in [0.25, 0.3) is 0 Å². The third kappa shape index (κ3) is 2.45. The predicted octanol–water partition coefficient (Wildman–Crippen LogP) is 1.64. The number of aromatic nitrogens is 2. The average Bonchev–Trinajstić information content (AvgIpc) is 2.34. The molecule has 0 unspecified atom stereocenters. The zero-order valence-electron chi connectivity index (χ0n) is 10.2. The number of H-pyrrole nitrogens is 1. The highest BCUT2D eigenvalue weighted by Gasteiger charge is 2.10. The van der Waals surface area contributed by atoms with Gasteiger partial charge in [0.25, 0.3) is 11.5 Å². The van der Waals surface area contributed by atoms with E-state index < -0.39 is 0 Å². The molecule has 0 radical (unpaired) electrons. The number of benzene rings is 1. The lowest BCUT2D eigenvalue weighted by Crippen LogP contribution is -2.18. The highest BCUT2D eigenvalue weighted by Crippen LogP contribution is 2.19. The van der Waals surface area contributed by atoms with Gasteiger partial charge in [0.15, 0.2) is 0 Å². The van der Waals surface area contributed by atoms with E-state index >= 15 is 0 Å². The van der Waals surface area contributed by atoms with Gasteiger partial charge in [-0.3, -0.25) is 9.59 Å². The van der Waals surface area contributed by atoms with Crippen molar-refractivity contribution in [3.63, 3.8) is 0 Å². The van der Waals surface area contributed by atoms with Crippen molar-refractivity contribution in [2.24, 2.45) is 0 Å². The minimum Gasteiger partial charge on any atom is -0.320 e. The molecule has 0 aliphatic carbocycles. The first-order valence-electron chi connectivity index (χ1n) is 5.51. The van der Waals surface area contributed by atoms with E-state index in [1.165, 1.54) is 12.1 Å². The molecule has 0 fully saturated rings. The minimum atomic E-state index is -0.344. The molecule has 0 atom stereocenters. The Balaban J connectivity index is 2.27. The van der Waals surface area contributed by atoms with Crippen molar-refractivity contribution in [3.8, 4) is 0 Å². The van der Waals surface area contributed by atoms with E-state index in [4.69, 9.17) is 0 Å². The standard InChI is InChI=1S/C13H13N3O2/c1-8-4-3-5-9(2)12(8)14-13(18)10-6-7-11(17)16-15-10/h3-7H,1-2H3,(H,14,18)(H,16,17). The molecule has 0 bridgehead atoms. The van der Waals surface area contributed by atoms with Gasteiger partial charge in [0, 0.05) is 11.8 Å². The molecule has 5 nitrogen and oxygen atoms in total. The number of carbonyl (C=O) groups is 1. The number of anilines is 1. The van der Waals surface area contributed by atoms with Crippen molar-refractivity contribution >= 4 is 11.6 Å². The van der Waals surface area contributed by atoms with Gasteiger partial charge < -0.3 is 5.32 Å². The lowest BCUT2D eigenvalue weighted by molar-refractivity contribution is 0.102. The number of para-hydroxylation sites is 1. The average molecular weight is 243 g/mol. The van der Waals surface area contributed by atoms with Crippen molar-refractivity contribution in [1.82, 2.24) is 10.2 Å². The lowest BCUT2D eigenvalue weighted by atomic mass is 10.1. The van der Waals surface area contributed by atoms with Crippen molar-refractivity contribution in [2.45, 2.75) is 13.8 Å². The fraction of sp³-hybridized carbons (Fsp3) is 0.154. The Kier molecular flexibility index (Phi) is 3.23. The van der Waals surface area contributed by atoms with Crippen LogP contribution in [0.3, 0.4) is 0 Å². The van der Waals surface area contributed by atoms with Crippen LogP contribution in [0.15, 0.2) is 35.1 Å². The summed E-state index contributed by atoms with van der Waals surface area (Å²) in [6.07, 6.45) is 0. The van der Waals surface area contributed by atoms with E-state index in [9.17, 15) is 9.59 Å². The summed E-state index contributed by atoms with van der Waals surface area (Å²) in [5.41, 5.74) is 2.58. The number of aryl methyl sites for hydroxylation is 2. The van der Waals surface area contributed by atoms with Gasteiger partial charge in [-0.1, -0.05) is 18.2 Å². The molecule has 1 aromatic carbocycles. The summed E-state index contributed by atoms with van der Waals surface area (Å²) < 4.78 is 0. The van der Waals surface area contributed by atoms with E-state index in [-0.39, 0.29) is 17.2 Å². The van der Waals surface area contributed by atoms with E-state index in [1.807, 2.05) is 32.0 Å². The summed E-state index contributed by atoms with van der Waals surface area (Å²) in [6.45, 7) is 3.84. The summed E-state index contributed by atoms with van der Waals surface area (Å²) in [4.78, 5) is 22.8. The highest BCUT2D eigenvalue weighted by atomic mass is 16.2. The first-order chi connectivity index (χ1) is 8.58. The summed E-state index contributed by atoms with van der Waals surface area (Å²) in [5, 5.41) is 8.70. The number of carbonyl (C=O) groups excluding carboxylic acids is 1. The summed E-state index contributed by atoms with van der Waals surface area (Å²) in [5.74, 6) is -0.344. The number of nitrogens with one attached hydrogen (secondary N) is 2. The largest absolute Gasteiger partial charge is 0.320 e. The maximum atomic E-state index is 11.9. The third-order valence-electron chi connectivity index (χ3n) is 2.63. The fourth-order valence-corrected chi connectivity index (χ4v) is 1.66. The summed E-state index contributed by atoms with van der Waals surface area (Å²) in [7, 11) is 0. The molecule has 0 saturated carbocycles. The Morgan fingerprint density at radius 2 is 1.83 bits per heavy atom. The van der Waals surface area contributed by atoms with E-state index in [1.54, 1.807) is 0 Å². The fourth-order valence-electron chi connectivity index (χ4n) is 1.66. The Bertz CT molecular complexity index is 606. The van der Waals surface area contributed by atoms with Gasteiger partial charge in [-0.05, 0) is 31.0 Å². The number of nitrogens with zero attached hydrogens (tertiary/aromatic N) is 1. The van der Waals surface area contributed by atoms with Gasteiger partial charge in [-0.2, -0.15) is 5.10 Å². The van der Waals surface area contributed by atoms with Crippen LogP contribution in [0, 0.1) is 13.8 Å². The number of rotatable bonds is 2. The van der Waals surface area contributed by atoms with Crippen LogP contribution in [-0.4, -0.2) is 16.1 Å². The van der Waals surface area contributed by atoms with Gasteiger partial charge in [-0.15, -0.1) is 0 Å². The first kappa shape index (κ1) is 12.0. The second-order valence-corrected chi connectivity index (χ2v) is 4.03. The molecule has 0 spiro atoms. The smallest absolute Gasteiger partial charge is 0.276 e. The van der Waals surface area contributed by atoms with Gasteiger partial charge in [0.2, 0.25) is 0 Å². The molecular formula is C13H13N3O2. The normalized spacial score (nSPS) is 10.1. The molecule has 2 rings (SSSR count). The highest BCUT2D eigenvalue weighted by molar-refractivity contribution is 6.03. The molecule has 1 amide bonds. The van der Waals surface area contributed by atoms with Gasteiger partial charge in [0.1, 0.15) is 5.69 Å². The van der Waals surface area contributed by atoms with Crippen LogP contribution < -0.4 is 10.9 Å². The molecule has 1 heterocycles. The predicted molar refractivity (Wildman–Crippen MR) is 68.7 cm³/mol. The van der Waals surface area contributed by atoms with Crippen LogP contribution in [0.1, 0.15) is 21.6 Å². The zero-order chi connectivity index (χ0) is 13.1. The van der Waals surface area contributed by atoms with Crippen LogP contribution in [-0.2, 0) is 0 Å². The minimum absolute atomic E-state index is 0.178. The number of amides is 1. The Labute approximate surface area is 104 Å². The SMILES string of the molecule is Cc1cccc(C)c1NC(=O)c1ccc(=O)[nH]n1. The molecule has 0 saturated heterocycles. The quantitative estimate of drug-likeness (QED) is 0.842. The van der Waals surface area contributed by atoms with Crippen LogP contribution in [0.5, 0.6) is 0 Å². The third-order valence-corrected chi connectivity index (χ3v) is 2.63. The molecule has 5 heteroatoms. The molecule has 0 aliphatic rings. The van der Waals surface area contributed by atoms with Gasteiger partial charge in [0.05, 0.1) is 0 Å². The first-order valence-corrected chi connectivity index (χ1v) is 5.51. The van der Waals surface area contributed by atoms with Crippen LogP contribution in [0.2, 0.25) is 0 Å². The number of hydrogen-bond donors (Lipinski definition) is 2. The molecule has 18 heavy (non-hydrogen) atoms. The molecular weight excluding hydrogens is 230 g/mol. The van der Waals surface area contributed by atoms with Crippen LogP contribution >= 0.6 is 0 Å². The monoisotopic (exact) mass is 243 g/mol. The van der Waals surface area contributed by atoms with E-state index in [0.717, 1.165) is 16.8 Å². The van der Waals surface area contributed by atoms with E-state index in [0.29, 0.717) is 0 Å². The van der Waals surface area contributed by atoms with Gasteiger partial charge >= 0.3 is 0 Å². The Morgan fingerprint density at radius 1 is 1.17 bits per heavy atom. The van der Waals surface area contributed by atoms with Crippen molar-refractivity contribution in [2.75, 3.05) is 5.32 Å². The molecule has 92 valence electrons. The summed E-state index contributed by atoms with van der Waals surface area (Å²) >= 11 is 0. The summed E-state index contributed by atoms with van der Waals surface area (Å²) in [6, 6.07) is 8.43. The topological polar surface area (TPSA) is 74.8 Å². The van der Waals surface area contributed by atoms with Crippen molar-refractivity contribution in [1.29, 1.82) is 0 Å². The van der Waals surface area contributed by atoms with Crippen molar-refractivity contribution < 1.29 is 4.79 Å². The van der Waals surface area contributed by atoms with Gasteiger partial charge in [-0.25, -0.2) is 5.10 Å². The molecule has 1 aromatic heterocycles. The second kappa shape index (κ2) is 4.83. The molecule has 2 aromatic rings. The molecule has 0 aliphatic heterocycles. The zero-order valence-corrected chi connectivity index (χ0v) is 10.2. The molecule has 2 N–H and O–H groups in total.